The van der Waals surface area contributed by atoms with E-state index in [9.17, 15) is 9.59 Å². The van der Waals surface area contributed by atoms with Gasteiger partial charge in [-0.1, -0.05) is 24.3 Å². The fourth-order valence-electron chi connectivity index (χ4n) is 2.94. The summed E-state index contributed by atoms with van der Waals surface area (Å²) in [6.45, 7) is 3.40. The van der Waals surface area contributed by atoms with Gasteiger partial charge in [-0.2, -0.15) is 0 Å². The summed E-state index contributed by atoms with van der Waals surface area (Å²) in [6, 6.07) is 17.7. The molecule has 30 heavy (non-hydrogen) atoms. The van der Waals surface area contributed by atoms with Gasteiger partial charge in [0.15, 0.2) is 11.7 Å². The van der Waals surface area contributed by atoms with Crippen LogP contribution in [0.15, 0.2) is 71.3 Å². The van der Waals surface area contributed by atoms with Crippen molar-refractivity contribution < 1.29 is 18.7 Å². The van der Waals surface area contributed by atoms with Crippen LogP contribution in [0, 0.1) is 6.92 Å². The molecule has 1 amide bonds. The Bertz CT molecular complexity index is 1200. The quantitative estimate of drug-likeness (QED) is 0.499. The highest BCUT2D eigenvalue weighted by molar-refractivity contribution is 6.00. The Labute approximate surface area is 172 Å². The second kappa shape index (κ2) is 8.16. The number of aryl methyl sites for hydroxylation is 1. The molecule has 1 N–H and O–H groups in total. The number of nitrogens with one attached hydrogen (secondary N) is 1. The molecule has 0 saturated carbocycles. The van der Waals surface area contributed by atoms with Gasteiger partial charge in [-0.05, 0) is 55.8 Å². The van der Waals surface area contributed by atoms with E-state index in [1.54, 1.807) is 42.6 Å². The third-order valence-electron chi connectivity index (χ3n) is 4.49. The number of carbonyl (C=O) groups is 2. The van der Waals surface area contributed by atoms with Crippen LogP contribution in [-0.4, -0.2) is 27.9 Å². The largest absolute Gasteiger partial charge is 0.449 e. The summed E-state index contributed by atoms with van der Waals surface area (Å²) in [7, 11) is 0. The molecule has 0 fully saturated rings. The fourth-order valence-corrected chi connectivity index (χ4v) is 2.94. The average molecular weight is 401 g/mol. The number of nitrogens with zero attached hydrogens (tertiary/aromatic N) is 2. The molecule has 4 rings (SSSR count). The number of hydrogen-bond donors (Lipinski definition) is 1. The maximum absolute atomic E-state index is 12.8. The first-order chi connectivity index (χ1) is 14.5. The van der Waals surface area contributed by atoms with Gasteiger partial charge >= 0.3 is 5.97 Å². The number of esters is 1. The predicted octanol–water partition coefficient (Wildman–Crippen LogP) is 4.38. The Kier molecular flexibility index (Phi) is 5.26. The van der Waals surface area contributed by atoms with E-state index in [-0.39, 0.29) is 5.56 Å². The van der Waals surface area contributed by atoms with Crippen LogP contribution >= 0.6 is 0 Å². The molecule has 0 aliphatic rings. The summed E-state index contributed by atoms with van der Waals surface area (Å²) in [5, 5.41) is 2.65. The molecular formula is C23H19N3O4. The third kappa shape index (κ3) is 4.05. The highest BCUT2D eigenvalue weighted by Crippen LogP contribution is 2.27. The van der Waals surface area contributed by atoms with Gasteiger partial charge in [-0.25, -0.2) is 14.8 Å². The van der Waals surface area contributed by atoms with Crippen LogP contribution < -0.4 is 5.32 Å². The summed E-state index contributed by atoms with van der Waals surface area (Å²) >= 11 is 0. The molecule has 0 radical (unpaired) electrons. The first-order valence-electron chi connectivity index (χ1n) is 9.41. The lowest BCUT2D eigenvalue weighted by atomic mass is 10.1. The Morgan fingerprint density at radius 1 is 1.07 bits per heavy atom. The van der Waals surface area contributed by atoms with Crippen LogP contribution in [0.2, 0.25) is 0 Å². The van der Waals surface area contributed by atoms with E-state index >= 15 is 0 Å². The molecule has 2 aromatic heterocycles. The molecule has 0 aliphatic heterocycles. The number of benzene rings is 2. The van der Waals surface area contributed by atoms with Gasteiger partial charge < -0.3 is 14.5 Å². The standard InChI is InChI=1S/C23H19N3O4/c1-14-11-12-24-20(13-14)26-21(27)15(2)29-23(28)17-8-4-3-7-16(17)22-25-18-9-5-6-10-19(18)30-22/h3-13,15H,1-2H3,(H,24,26,27). The van der Waals surface area contributed by atoms with Crippen molar-refractivity contribution in [1.82, 2.24) is 9.97 Å². The highest BCUT2D eigenvalue weighted by atomic mass is 16.5. The first kappa shape index (κ1) is 19.3. The normalized spacial score (nSPS) is 11.8. The first-order valence-corrected chi connectivity index (χ1v) is 9.41. The summed E-state index contributed by atoms with van der Waals surface area (Å²) < 4.78 is 11.2. The van der Waals surface area contributed by atoms with Crippen molar-refractivity contribution in [3.63, 3.8) is 0 Å². The molecular weight excluding hydrogens is 382 g/mol. The second-order valence-electron chi connectivity index (χ2n) is 6.79. The molecule has 2 heterocycles. The molecule has 0 aliphatic carbocycles. The summed E-state index contributed by atoms with van der Waals surface area (Å²) in [5.41, 5.74) is 3.02. The fraction of sp³-hybridized carbons (Fsp3) is 0.130. The van der Waals surface area contributed by atoms with Gasteiger partial charge in [0.25, 0.3) is 5.91 Å². The van der Waals surface area contributed by atoms with Gasteiger partial charge in [0.2, 0.25) is 5.89 Å². The van der Waals surface area contributed by atoms with E-state index in [0.717, 1.165) is 5.56 Å². The topological polar surface area (TPSA) is 94.3 Å². The zero-order valence-corrected chi connectivity index (χ0v) is 16.5. The number of hydrogen-bond acceptors (Lipinski definition) is 6. The summed E-state index contributed by atoms with van der Waals surface area (Å²) in [6.07, 6.45) is 0.578. The lowest BCUT2D eigenvalue weighted by Crippen LogP contribution is -2.30. The van der Waals surface area contributed by atoms with Gasteiger partial charge in [-0.15, -0.1) is 0 Å². The number of oxazole rings is 1. The van der Waals surface area contributed by atoms with Crippen LogP contribution in [0.3, 0.4) is 0 Å². The SMILES string of the molecule is Cc1ccnc(NC(=O)C(C)OC(=O)c2ccccc2-c2nc3ccccc3o2)c1. The number of carbonyl (C=O) groups excluding carboxylic acids is 2. The van der Waals surface area contributed by atoms with Gasteiger partial charge in [0, 0.05) is 6.20 Å². The lowest BCUT2D eigenvalue weighted by molar-refractivity contribution is -0.123. The maximum atomic E-state index is 12.8. The lowest BCUT2D eigenvalue weighted by Gasteiger charge is -2.14. The molecule has 7 heteroatoms. The summed E-state index contributed by atoms with van der Waals surface area (Å²) in [4.78, 5) is 33.7. The number of ether oxygens (including phenoxy) is 1. The second-order valence-corrected chi connectivity index (χ2v) is 6.79. The zero-order chi connectivity index (χ0) is 21.1. The van der Waals surface area contributed by atoms with E-state index in [4.69, 9.17) is 9.15 Å². The Morgan fingerprint density at radius 2 is 1.83 bits per heavy atom. The Balaban J connectivity index is 1.53. The third-order valence-corrected chi connectivity index (χ3v) is 4.49. The molecule has 2 aromatic carbocycles. The molecule has 0 saturated heterocycles. The molecule has 7 nitrogen and oxygen atoms in total. The number of fused-ring (bicyclic) bond motifs is 1. The monoisotopic (exact) mass is 401 g/mol. The smallest absolute Gasteiger partial charge is 0.339 e. The number of amides is 1. The van der Waals surface area contributed by atoms with E-state index in [1.165, 1.54) is 6.92 Å². The van der Waals surface area contributed by atoms with Crippen molar-refractivity contribution in [2.75, 3.05) is 5.32 Å². The van der Waals surface area contributed by atoms with Crippen molar-refractivity contribution in [2.24, 2.45) is 0 Å². The number of para-hydroxylation sites is 2. The highest BCUT2D eigenvalue weighted by Gasteiger charge is 2.23. The molecule has 150 valence electrons. The van der Waals surface area contributed by atoms with Crippen molar-refractivity contribution in [3.05, 3.63) is 78.0 Å². The van der Waals surface area contributed by atoms with E-state index in [0.29, 0.717) is 28.4 Å². The number of aromatic nitrogens is 2. The van der Waals surface area contributed by atoms with E-state index in [1.807, 2.05) is 31.2 Å². The molecule has 1 atom stereocenters. The van der Waals surface area contributed by atoms with E-state index < -0.39 is 18.0 Å². The van der Waals surface area contributed by atoms with Crippen molar-refractivity contribution in [2.45, 2.75) is 20.0 Å². The molecule has 0 spiro atoms. The summed E-state index contributed by atoms with van der Waals surface area (Å²) in [5.74, 6) is -0.409. The van der Waals surface area contributed by atoms with Crippen LogP contribution in [0.5, 0.6) is 0 Å². The minimum absolute atomic E-state index is 0.261. The Morgan fingerprint density at radius 3 is 2.63 bits per heavy atom. The maximum Gasteiger partial charge on any atom is 0.339 e. The molecule has 4 aromatic rings. The van der Waals surface area contributed by atoms with E-state index in [2.05, 4.69) is 15.3 Å². The van der Waals surface area contributed by atoms with Gasteiger partial charge in [0.1, 0.15) is 11.3 Å². The van der Waals surface area contributed by atoms with Crippen LogP contribution in [0.25, 0.3) is 22.6 Å². The van der Waals surface area contributed by atoms with Crippen molar-refractivity contribution in [3.8, 4) is 11.5 Å². The van der Waals surface area contributed by atoms with Gasteiger partial charge in [0.05, 0.1) is 11.1 Å². The zero-order valence-electron chi connectivity index (χ0n) is 16.5. The average Bonchev–Trinajstić information content (AvgIpc) is 3.18. The minimum Gasteiger partial charge on any atom is -0.449 e. The Hall–Kier alpha value is -4.00. The van der Waals surface area contributed by atoms with Crippen molar-refractivity contribution in [1.29, 1.82) is 0 Å². The number of pyridine rings is 1. The molecule has 0 bridgehead atoms. The molecule has 1 unspecified atom stereocenters. The van der Waals surface area contributed by atoms with Crippen LogP contribution in [0.1, 0.15) is 22.8 Å². The van der Waals surface area contributed by atoms with Crippen LogP contribution in [0.4, 0.5) is 5.82 Å². The number of rotatable bonds is 5. The minimum atomic E-state index is -1.02. The van der Waals surface area contributed by atoms with Crippen LogP contribution in [-0.2, 0) is 9.53 Å². The van der Waals surface area contributed by atoms with Gasteiger partial charge in [-0.3, -0.25) is 4.79 Å². The predicted molar refractivity (Wildman–Crippen MR) is 112 cm³/mol. The van der Waals surface area contributed by atoms with Crippen molar-refractivity contribution >= 4 is 28.8 Å². The number of anilines is 1.